The lowest BCUT2D eigenvalue weighted by atomic mass is 9.88. The number of hydrogen-bond acceptors (Lipinski definition) is 2. The van der Waals surface area contributed by atoms with Crippen LogP contribution in [0.15, 0.2) is 24.3 Å². The van der Waals surface area contributed by atoms with Crippen molar-refractivity contribution >= 4 is 29.9 Å². The predicted molar refractivity (Wildman–Crippen MR) is 102 cm³/mol. The van der Waals surface area contributed by atoms with Crippen molar-refractivity contribution in [1.82, 2.24) is 10.2 Å². The molecule has 1 aromatic carbocycles. The third-order valence-corrected chi connectivity index (χ3v) is 5.51. The van der Waals surface area contributed by atoms with Crippen LogP contribution in [0.1, 0.15) is 45.6 Å². The Bertz CT molecular complexity index is 575. The van der Waals surface area contributed by atoms with Gasteiger partial charge in [-0.3, -0.25) is 4.79 Å². The van der Waals surface area contributed by atoms with Crippen molar-refractivity contribution in [2.75, 3.05) is 6.54 Å². The monoisotopic (exact) mass is 370 g/mol. The minimum absolute atomic E-state index is 0. The first kappa shape index (κ1) is 19.6. The number of likely N-dealkylation sites (tertiary alicyclic amines) is 1. The van der Waals surface area contributed by atoms with Crippen LogP contribution < -0.4 is 5.32 Å². The lowest BCUT2D eigenvalue weighted by Crippen LogP contribution is -2.52. The zero-order chi connectivity index (χ0) is 16.6. The molecule has 0 radical (unpaired) electrons. The number of nitrogens with zero attached hydrogens (tertiary/aromatic N) is 1. The highest BCUT2D eigenvalue weighted by Crippen LogP contribution is 2.35. The predicted octanol–water partition coefficient (Wildman–Crippen LogP) is 4.07. The highest BCUT2D eigenvalue weighted by atomic mass is 35.5. The van der Waals surface area contributed by atoms with Crippen molar-refractivity contribution in [2.45, 2.75) is 64.1 Å². The maximum atomic E-state index is 12.5. The van der Waals surface area contributed by atoms with E-state index in [4.69, 9.17) is 11.6 Å². The Kier molecular flexibility index (Phi) is 6.22. The first-order valence-corrected chi connectivity index (χ1v) is 9.08. The van der Waals surface area contributed by atoms with Crippen LogP contribution in [0.4, 0.5) is 0 Å². The molecule has 1 amide bonds. The van der Waals surface area contributed by atoms with E-state index in [1.54, 1.807) is 0 Å². The van der Waals surface area contributed by atoms with E-state index in [-0.39, 0.29) is 23.9 Å². The topological polar surface area (TPSA) is 32.3 Å². The molecule has 1 N–H and O–H groups in total. The van der Waals surface area contributed by atoms with Crippen molar-refractivity contribution < 1.29 is 4.79 Å². The second-order valence-corrected chi connectivity index (χ2v) is 8.15. The molecule has 0 bridgehead atoms. The minimum atomic E-state index is 0. The van der Waals surface area contributed by atoms with Crippen LogP contribution in [-0.2, 0) is 11.2 Å². The van der Waals surface area contributed by atoms with Gasteiger partial charge in [0, 0.05) is 35.1 Å². The summed E-state index contributed by atoms with van der Waals surface area (Å²) in [5.41, 5.74) is 1.34. The van der Waals surface area contributed by atoms with Gasteiger partial charge in [0.1, 0.15) is 0 Å². The summed E-state index contributed by atoms with van der Waals surface area (Å²) in [5.74, 6) is 0.383. The average molecular weight is 371 g/mol. The van der Waals surface area contributed by atoms with Crippen LogP contribution >= 0.6 is 24.0 Å². The molecule has 24 heavy (non-hydrogen) atoms. The number of nitrogens with one attached hydrogen (secondary N) is 1. The molecule has 0 unspecified atom stereocenters. The van der Waals surface area contributed by atoms with Gasteiger partial charge < -0.3 is 10.2 Å². The smallest absolute Gasteiger partial charge is 0.225 e. The summed E-state index contributed by atoms with van der Waals surface area (Å²) in [6, 6.07) is 8.90. The molecule has 0 saturated carbocycles. The van der Waals surface area contributed by atoms with Crippen LogP contribution in [0.25, 0.3) is 0 Å². The molecule has 2 aliphatic heterocycles. The third-order valence-electron chi connectivity index (χ3n) is 5.26. The molecule has 3 rings (SSSR count). The Balaban J connectivity index is 0.00000208. The van der Waals surface area contributed by atoms with E-state index >= 15 is 0 Å². The third kappa shape index (κ3) is 4.07. The minimum Gasteiger partial charge on any atom is -0.338 e. The fourth-order valence-electron chi connectivity index (χ4n) is 4.23. The molecule has 3 atom stereocenters. The average Bonchev–Trinajstić information content (AvgIpc) is 2.84. The molecular weight excluding hydrogens is 343 g/mol. The van der Waals surface area contributed by atoms with Crippen LogP contribution in [0.3, 0.4) is 0 Å². The van der Waals surface area contributed by atoms with Crippen molar-refractivity contribution in [1.29, 1.82) is 0 Å². The second kappa shape index (κ2) is 7.63. The summed E-state index contributed by atoms with van der Waals surface area (Å²) >= 11 is 5.99. The molecule has 0 spiro atoms. The number of piperidine rings is 1. The van der Waals surface area contributed by atoms with E-state index in [1.165, 1.54) is 12.0 Å². The van der Waals surface area contributed by atoms with E-state index in [0.29, 0.717) is 18.0 Å². The van der Waals surface area contributed by atoms with Crippen molar-refractivity contribution in [3.8, 4) is 0 Å². The number of carbonyl (C=O) groups is 1. The summed E-state index contributed by atoms with van der Waals surface area (Å²) in [6.07, 6.45) is 4.27. The Labute approximate surface area is 156 Å². The van der Waals surface area contributed by atoms with Gasteiger partial charge in [0.05, 0.1) is 0 Å². The highest BCUT2D eigenvalue weighted by molar-refractivity contribution is 6.30. The van der Waals surface area contributed by atoms with E-state index in [0.717, 1.165) is 30.8 Å². The molecule has 134 valence electrons. The first-order valence-electron chi connectivity index (χ1n) is 8.71. The molecule has 1 aromatic rings. The first-order chi connectivity index (χ1) is 10.9. The molecule has 2 heterocycles. The molecule has 5 heteroatoms. The molecule has 2 fully saturated rings. The zero-order valence-corrected chi connectivity index (χ0v) is 16.3. The molecule has 0 aromatic heterocycles. The fourth-order valence-corrected chi connectivity index (χ4v) is 4.35. The number of amides is 1. The zero-order valence-electron chi connectivity index (χ0n) is 14.7. The standard InChI is InChI=1S/C19H27ClN2O.ClH/c1-13(2)18(23)22-10-4-5-16-17(22)12-19(3,21-16)11-14-6-8-15(20)9-7-14;/h6-9,13,16-17,21H,4-5,10-12H2,1-3H3;1H/t16-,17-,19+;/m0./s1. The molecule has 0 aliphatic carbocycles. The van der Waals surface area contributed by atoms with Gasteiger partial charge in [-0.25, -0.2) is 0 Å². The molecular formula is C19H28Cl2N2O. The van der Waals surface area contributed by atoms with Crippen LogP contribution in [0.5, 0.6) is 0 Å². The van der Waals surface area contributed by atoms with Gasteiger partial charge in [0.2, 0.25) is 5.91 Å². The number of carbonyl (C=O) groups excluding carboxylic acids is 1. The lowest BCUT2D eigenvalue weighted by molar-refractivity contribution is -0.138. The van der Waals surface area contributed by atoms with E-state index in [1.807, 2.05) is 26.0 Å². The van der Waals surface area contributed by atoms with Crippen LogP contribution in [-0.4, -0.2) is 35.0 Å². The lowest BCUT2D eigenvalue weighted by Gasteiger charge is -2.38. The Morgan fingerprint density at radius 3 is 2.67 bits per heavy atom. The van der Waals surface area contributed by atoms with E-state index in [9.17, 15) is 4.79 Å². The Morgan fingerprint density at radius 1 is 1.38 bits per heavy atom. The fraction of sp³-hybridized carbons (Fsp3) is 0.632. The SMILES string of the molecule is CC(C)C(=O)N1CCC[C@@H]2N[C@](C)(Cc3ccc(Cl)cc3)C[C@@H]21.Cl. The summed E-state index contributed by atoms with van der Waals surface area (Å²) in [4.78, 5) is 14.7. The van der Waals surface area contributed by atoms with Gasteiger partial charge >= 0.3 is 0 Å². The molecule has 2 saturated heterocycles. The van der Waals surface area contributed by atoms with Gasteiger partial charge in [-0.1, -0.05) is 37.6 Å². The summed E-state index contributed by atoms with van der Waals surface area (Å²) in [6.45, 7) is 7.21. The number of hydrogen-bond donors (Lipinski definition) is 1. The summed E-state index contributed by atoms with van der Waals surface area (Å²) in [5, 5.41) is 4.61. The number of halogens is 2. The van der Waals surface area contributed by atoms with Crippen LogP contribution in [0.2, 0.25) is 5.02 Å². The highest BCUT2D eigenvalue weighted by Gasteiger charge is 2.46. The Hall–Kier alpha value is -0.770. The summed E-state index contributed by atoms with van der Waals surface area (Å²) in [7, 11) is 0. The van der Waals surface area contributed by atoms with Crippen molar-refractivity contribution in [3.05, 3.63) is 34.9 Å². The van der Waals surface area contributed by atoms with Crippen molar-refractivity contribution in [2.24, 2.45) is 5.92 Å². The number of rotatable bonds is 3. The number of benzene rings is 1. The van der Waals surface area contributed by atoms with E-state index in [2.05, 4.69) is 29.3 Å². The molecule has 3 nitrogen and oxygen atoms in total. The van der Waals surface area contributed by atoms with E-state index < -0.39 is 0 Å². The van der Waals surface area contributed by atoms with Gasteiger partial charge in [0.25, 0.3) is 0 Å². The second-order valence-electron chi connectivity index (χ2n) is 7.71. The van der Waals surface area contributed by atoms with Gasteiger partial charge in [0.15, 0.2) is 0 Å². The Morgan fingerprint density at radius 2 is 2.04 bits per heavy atom. The maximum absolute atomic E-state index is 12.5. The molecule has 2 aliphatic rings. The largest absolute Gasteiger partial charge is 0.338 e. The maximum Gasteiger partial charge on any atom is 0.225 e. The normalized spacial score (nSPS) is 29.3. The summed E-state index contributed by atoms with van der Waals surface area (Å²) < 4.78 is 0. The quantitative estimate of drug-likeness (QED) is 0.869. The van der Waals surface area contributed by atoms with Gasteiger partial charge in [-0.05, 0) is 50.3 Å². The number of fused-ring (bicyclic) bond motifs is 1. The van der Waals surface area contributed by atoms with Crippen molar-refractivity contribution in [3.63, 3.8) is 0 Å². The van der Waals surface area contributed by atoms with Gasteiger partial charge in [-0.2, -0.15) is 0 Å². The van der Waals surface area contributed by atoms with Gasteiger partial charge in [-0.15, -0.1) is 12.4 Å². The van der Waals surface area contributed by atoms with Crippen LogP contribution in [0, 0.1) is 5.92 Å².